The molecule has 3 heterocycles. The molecule has 1 fully saturated rings. The molecule has 29 heavy (non-hydrogen) atoms. The number of rotatable bonds is 3. The third-order valence-electron chi connectivity index (χ3n) is 6.22. The van der Waals surface area contributed by atoms with Crippen LogP contribution in [0.2, 0.25) is 18.1 Å². The lowest BCUT2D eigenvalue weighted by Gasteiger charge is -2.44. The first-order valence-corrected chi connectivity index (χ1v) is 12.3. The summed E-state index contributed by atoms with van der Waals surface area (Å²) in [5.41, 5.74) is 5.74. The Labute approximate surface area is 172 Å². The topological polar surface area (TPSA) is 99.0 Å². The van der Waals surface area contributed by atoms with Crippen LogP contribution in [0.1, 0.15) is 39.5 Å². The Morgan fingerprint density at radius 2 is 2.07 bits per heavy atom. The molecule has 8 heteroatoms. The van der Waals surface area contributed by atoms with Crippen molar-refractivity contribution in [2.45, 2.75) is 57.7 Å². The molecule has 1 saturated heterocycles. The van der Waals surface area contributed by atoms with E-state index in [2.05, 4.69) is 62.4 Å². The minimum Gasteiger partial charge on any atom is -0.470 e. The molecule has 1 aliphatic rings. The number of hydrogen-bond donors (Lipinski definition) is 1. The molecule has 0 radical (unpaired) electrons. The van der Waals surface area contributed by atoms with Gasteiger partial charge in [-0.3, -0.25) is 4.57 Å². The van der Waals surface area contributed by atoms with Crippen molar-refractivity contribution in [3.8, 4) is 18.4 Å². The summed E-state index contributed by atoms with van der Waals surface area (Å²) in [4.78, 5) is 8.36. The number of nitrogens with two attached hydrogens (primary N) is 1. The summed E-state index contributed by atoms with van der Waals surface area (Å²) in [6.45, 7) is 16.8. The van der Waals surface area contributed by atoms with E-state index in [9.17, 15) is 5.26 Å². The number of nitrogens with zero attached hydrogens (tertiary/aromatic N) is 4. The quantitative estimate of drug-likeness (QED) is 0.608. The van der Waals surface area contributed by atoms with Gasteiger partial charge in [0.1, 0.15) is 23.9 Å². The third kappa shape index (κ3) is 3.00. The lowest BCUT2D eigenvalue weighted by molar-refractivity contribution is -0.0326. The fraction of sp³-hybridized carbons (Fsp3) is 0.476. The first-order chi connectivity index (χ1) is 13.4. The maximum atomic E-state index is 9.60. The molecule has 2 aromatic heterocycles. The van der Waals surface area contributed by atoms with Gasteiger partial charge in [-0.05, 0) is 18.1 Å². The van der Waals surface area contributed by atoms with Crippen LogP contribution in [0.5, 0.6) is 0 Å². The highest BCUT2D eigenvalue weighted by molar-refractivity contribution is 6.74. The minimum atomic E-state index is -2.29. The van der Waals surface area contributed by atoms with Crippen LogP contribution in [0.3, 0.4) is 0 Å². The molecular formula is C21H27N5O2Si. The van der Waals surface area contributed by atoms with Crippen LogP contribution >= 0.6 is 0 Å². The molecule has 3 rings (SSSR count). The monoisotopic (exact) mass is 409 g/mol. The van der Waals surface area contributed by atoms with Crippen molar-refractivity contribution in [3.63, 3.8) is 0 Å². The van der Waals surface area contributed by atoms with Crippen molar-refractivity contribution in [2.75, 3.05) is 5.73 Å². The molecule has 0 bridgehead atoms. The van der Waals surface area contributed by atoms with Gasteiger partial charge in [0.15, 0.2) is 13.9 Å². The van der Waals surface area contributed by atoms with E-state index in [1.54, 1.807) is 10.8 Å². The Kier molecular flexibility index (Phi) is 4.77. The van der Waals surface area contributed by atoms with E-state index in [1.807, 2.05) is 6.92 Å². The molecule has 2 N–H and O–H groups in total. The summed E-state index contributed by atoms with van der Waals surface area (Å²) in [5, 5.41) is 10.0. The van der Waals surface area contributed by atoms with Gasteiger partial charge in [0.25, 0.3) is 0 Å². The lowest BCUT2D eigenvalue weighted by Crippen LogP contribution is -2.53. The summed E-state index contributed by atoms with van der Waals surface area (Å²) < 4.78 is 14.7. The number of aromatic nitrogens is 3. The highest BCUT2D eigenvalue weighted by Gasteiger charge is 2.58. The molecule has 2 aromatic rings. The molecule has 0 saturated carbocycles. The second-order valence-electron chi connectivity index (χ2n) is 8.98. The van der Waals surface area contributed by atoms with Crippen molar-refractivity contribution >= 4 is 25.2 Å². The highest BCUT2D eigenvalue weighted by Crippen LogP contribution is 2.51. The number of hydrogen-bond acceptors (Lipinski definition) is 6. The van der Waals surface area contributed by atoms with Gasteiger partial charge in [0, 0.05) is 6.20 Å². The van der Waals surface area contributed by atoms with Crippen molar-refractivity contribution in [1.29, 1.82) is 5.26 Å². The molecule has 0 aliphatic carbocycles. The molecule has 0 amide bonds. The summed E-state index contributed by atoms with van der Waals surface area (Å²) >= 11 is 0. The Hall–Kier alpha value is -2.81. The van der Waals surface area contributed by atoms with Crippen molar-refractivity contribution in [2.24, 2.45) is 5.92 Å². The predicted molar refractivity (Wildman–Crippen MR) is 115 cm³/mol. The number of nitriles is 1. The highest BCUT2D eigenvalue weighted by atomic mass is 28.4. The Balaban J connectivity index is 2.25. The molecule has 0 aromatic carbocycles. The maximum absolute atomic E-state index is 9.60. The summed E-state index contributed by atoms with van der Waals surface area (Å²) in [6, 6.07) is 2.15. The normalized spacial score (nSPS) is 24.9. The number of nitrogen functional groups attached to an aromatic ring is 1. The molecule has 152 valence electrons. The standard InChI is InChI=1S/C21H27N5O2Si/c1-9-21(28-29(7,8)20(4,5)6)13(2)14(3)27-19(21)26-11-15(10-22)16-17(23)24-12-25-18(16)26/h1,11-13,19H,3H2,2,4-8H3,(H2,23,24,25)/t13-,19-,21-/m1/s1. The Morgan fingerprint density at radius 1 is 1.41 bits per heavy atom. The molecule has 0 spiro atoms. The van der Waals surface area contributed by atoms with E-state index < -0.39 is 20.1 Å². The SMILES string of the molecule is C#C[C@@]1(O[Si](C)(C)C(C)(C)C)[C@H](C)C(=C)O[C@H]1n1cc(C#N)c2c(N)ncnc21. The number of ether oxygens (including phenoxy) is 1. The number of terminal acetylenes is 1. The van der Waals surface area contributed by atoms with Crippen LogP contribution in [0.4, 0.5) is 5.82 Å². The van der Waals surface area contributed by atoms with Crippen LogP contribution in [-0.2, 0) is 9.16 Å². The zero-order valence-electron chi connectivity index (χ0n) is 17.8. The number of anilines is 1. The van der Waals surface area contributed by atoms with E-state index in [0.717, 1.165) is 0 Å². The van der Waals surface area contributed by atoms with Crippen LogP contribution < -0.4 is 5.73 Å². The second kappa shape index (κ2) is 6.62. The molecule has 7 nitrogen and oxygen atoms in total. The average Bonchev–Trinajstić information content (AvgIpc) is 3.12. The first kappa shape index (κ1) is 20.9. The van der Waals surface area contributed by atoms with Crippen molar-refractivity contribution in [1.82, 2.24) is 14.5 Å². The van der Waals surface area contributed by atoms with Gasteiger partial charge in [-0.15, -0.1) is 6.42 Å². The lowest BCUT2D eigenvalue weighted by atomic mass is 9.89. The molecule has 3 atom stereocenters. The van der Waals surface area contributed by atoms with Gasteiger partial charge >= 0.3 is 0 Å². The summed E-state index contributed by atoms with van der Waals surface area (Å²) in [7, 11) is -2.29. The minimum absolute atomic E-state index is 0.0613. The van der Waals surface area contributed by atoms with Gasteiger partial charge in [-0.2, -0.15) is 5.26 Å². The first-order valence-electron chi connectivity index (χ1n) is 9.44. The predicted octanol–water partition coefficient (Wildman–Crippen LogP) is 3.96. The van der Waals surface area contributed by atoms with Gasteiger partial charge in [-0.1, -0.05) is 40.2 Å². The molecular weight excluding hydrogens is 382 g/mol. The zero-order valence-corrected chi connectivity index (χ0v) is 18.8. The Morgan fingerprint density at radius 3 is 2.62 bits per heavy atom. The van der Waals surface area contributed by atoms with Crippen molar-refractivity contribution in [3.05, 3.63) is 30.4 Å². The molecule has 1 aliphatic heterocycles. The van der Waals surface area contributed by atoms with E-state index in [1.165, 1.54) is 6.33 Å². The van der Waals surface area contributed by atoms with Crippen molar-refractivity contribution < 1.29 is 9.16 Å². The number of fused-ring (bicyclic) bond motifs is 1. The summed E-state index contributed by atoms with van der Waals surface area (Å²) in [6.07, 6.45) is 8.37. The Bertz CT molecular complexity index is 1070. The average molecular weight is 410 g/mol. The van der Waals surface area contributed by atoms with Crippen LogP contribution in [-0.4, -0.2) is 28.5 Å². The van der Waals surface area contributed by atoms with Crippen LogP contribution in [0, 0.1) is 29.6 Å². The van der Waals surface area contributed by atoms with E-state index in [-0.39, 0.29) is 16.8 Å². The van der Waals surface area contributed by atoms with Gasteiger partial charge < -0.3 is 14.9 Å². The van der Waals surface area contributed by atoms with Crippen LogP contribution in [0.25, 0.3) is 11.0 Å². The largest absolute Gasteiger partial charge is 0.470 e. The molecule has 0 unspecified atom stereocenters. The fourth-order valence-electron chi connectivity index (χ4n) is 3.36. The second-order valence-corrected chi connectivity index (χ2v) is 13.7. The van der Waals surface area contributed by atoms with Gasteiger partial charge in [0.2, 0.25) is 6.23 Å². The van der Waals surface area contributed by atoms with E-state index in [4.69, 9.17) is 21.3 Å². The van der Waals surface area contributed by atoms with Gasteiger partial charge in [-0.25, -0.2) is 9.97 Å². The van der Waals surface area contributed by atoms with Gasteiger partial charge in [0.05, 0.1) is 22.6 Å². The smallest absolute Gasteiger partial charge is 0.217 e. The zero-order chi connectivity index (χ0) is 21.8. The van der Waals surface area contributed by atoms with Crippen LogP contribution in [0.15, 0.2) is 24.9 Å². The van der Waals surface area contributed by atoms with E-state index >= 15 is 0 Å². The maximum Gasteiger partial charge on any atom is 0.217 e. The fourth-order valence-corrected chi connectivity index (χ4v) is 4.85. The third-order valence-corrected chi connectivity index (χ3v) is 10.7. The van der Waals surface area contributed by atoms with E-state index in [0.29, 0.717) is 22.4 Å². The summed E-state index contributed by atoms with van der Waals surface area (Å²) in [5.74, 6) is 3.40.